The lowest BCUT2D eigenvalue weighted by molar-refractivity contribution is 0.450. The molecule has 1 atom stereocenters. The van der Waals surface area contributed by atoms with E-state index in [0.717, 1.165) is 11.8 Å². The fourth-order valence-corrected chi connectivity index (χ4v) is 2.23. The number of rotatable bonds is 1. The summed E-state index contributed by atoms with van der Waals surface area (Å²) in [6.07, 6.45) is 4.22. The van der Waals surface area contributed by atoms with Gasteiger partial charge in [0, 0.05) is 0 Å². The largest absolute Gasteiger partial charge is 0.0769 e. The maximum atomic E-state index is 2.35. The summed E-state index contributed by atoms with van der Waals surface area (Å²) in [6.45, 7) is 9.21. The monoisotopic (exact) mass is 152 g/mol. The molecule has 0 saturated heterocycles. The molecule has 0 heterocycles. The third kappa shape index (κ3) is 1.85. The SMILES string of the molecule is CC(C)=C1CCCC1C(C)C. The number of allylic oxidation sites excluding steroid dienone is 2. The summed E-state index contributed by atoms with van der Waals surface area (Å²) in [7, 11) is 0. The van der Waals surface area contributed by atoms with Gasteiger partial charge in [-0.1, -0.05) is 25.0 Å². The van der Waals surface area contributed by atoms with Gasteiger partial charge in [0.2, 0.25) is 0 Å². The van der Waals surface area contributed by atoms with Crippen molar-refractivity contribution in [3.8, 4) is 0 Å². The highest BCUT2D eigenvalue weighted by molar-refractivity contribution is 5.17. The molecule has 11 heavy (non-hydrogen) atoms. The molecule has 0 aromatic rings. The third-order valence-electron chi connectivity index (χ3n) is 2.86. The van der Waals surface area contributed by atoms with Crippen molar-refractivity contribution in [1.29, 1.82) is 0 Å². The molecule has 1 saturated carbocycles. The average molecular weight is 152 g/mol. The Morgan fingerprint density at radius 3 is 2.36 bits per heavy atom. The van der Waals surface area contributed by atoms with E-state index in [0.29, 0.717) is 0 Å². The first-order valence-electron chi connectivity index (χ1n) is 4.79. The molecule has 1 aliphatic rings. The Morgan fingerprint density at radius 1 is 1.36 bits per heavy atom. The van der Waals surface area contributed by atoms with E-state index in [1.807, 2.05) is 0 Å². The summed E-state index contributed by atoms with van der Waals surface area (Å²) in [6, 6.07) is 0. The van der Waals surface area contributed by atoms with Crippen LogP contribution >= 0.6 is 0 Å². The highest BCUT2D eigenvalue weighted by Crippen LogP contribution is 2.37. The molecule has 0 aromatic carbocycles. The molecule has 0 aliphatic heterocycles. The normalized spacial score (nSPS) is 24.8. The quantitative estimate of drug-likeness (QED) is 0.502. The van der Waals surface area contributed by atoms with Gasteiger partial charge in [-0.05, 0) is 44.9 Å². The second kappa shape index (κ2) is 3.42. The lowest BCUT2D eigenvalue weighted by Gasteiger charge is -2.17. The van der Waals surface area contributed by atoms with E-state index in [-0.39, 0.29) is 0 Å². The highest BCUT2D eigenvalue weighted by atomic mass is 14.3. The van der Waals surface area contributed by atoms with Crippen LogP contribution in [0.15, 0.2) is 11.1 Å². The molecule has 1 rings (SSSR count). The van der Waals surface area contributed by atoms with Crippen molar-refractivity contribution in [3.05, 3.63) is 11.1 Å². The molecule has 1 aliphatic carbocycles. The number of hydrogen-bond donors (Lipinski definition) is 0. The predicted octanol–water partition coefficient (Wildman–Crippen LogP) is 3.78. The van der Waals surface area contributed by atoms with Crippen LogP contribution in [-0.4, -0.2) is 0 Å². The Morgan fingerprint density at radius 2 is 2.00 bits per heavy atom. The molecule has 0 bridgehead atoms. The van der Waals surface area contributed by atoms with Gasteiger partial charge in [0.1, 0.15) is 0 Å². The van der Waals surface area contributed by atoms with Crippen molar-refractivity contribution in [2.45, 2.75) is 47.0 Å². The van der Waals surface area contributed by atoms with Gasteiger partial charge in [-0.2, -0.15) is 0 Å². The summed E-state index contributed by atoms with van der Waals surface area (Å²) in [5.74, 6) is 1.75. The molecular weight excluding hydrogens is 132 g/mol. The third-order valence-corrected chi connectivity index (χ3v) is 2.86. The van der Waals surface area contributed by atoms with Crippen LogP contribution < -0.4 is 0 Å². The Labute approximate surface area is 70.7 Å². The molecular formula is C11H20. The lowest BCUT2D eigenvalue weighted by atomic mass is 9.88. The second-order valence-corrected chi connectivity index (χ2v) is 4.27. The molecule has 0 aromatic heterocycles. The van der Waals surface area contributed by atoms with Gasteiger partial charge >= 0.3 is 0 Å². The van der Waals surface area contributed by atoms with Crippen molar-refractivity contribution in [1.82, 2.24) is 0 Å². The molecule has 0 N–H and O–H groups in total. The van der Waals surface area contributed by atoms with Crippen LogP contribution in [0.2, 0.25) is 0 Å². The molecule has 0 nitrogen and oxygen atoms in total. The van der Waals surface area contributed by atoms with E-state index in [2.05, 4.69) is 27.7 Å². The van der Waals surface area contributed by atoms with E-state index < -0.39 is 0 Å². The minimum absolute atomic E-state index is 0.849. The summed E-state index contributed by atoms with van der Waals surface area (Å²) in [4.78, 5) is 0. The molecule has 0 spiro atoms. The van der Waals surface area contributed by atoms with Crippen molar-refractivity contribution < 1.29 is 0 Å². The summed E-state index contributed by atoms with van der Waals surface area (Å²) >= 11 is 0. The van der Waals surface area contributed by atoms with Gasteiger partial charge in [-0.15, -0.1) is 0 Å². The Bertz CT molecular complexity index is 159. The first kappa shape index (κ1) is 8.83. The first-order valence-corrected chi connectivity index (χ1v) is 4.79. The molecule has 1 unspecified atom stereocenters. The minimum atomic E-state index is 0.849. The van der Waals surface area contributed by atoms with Crippen LogP contribution in [-0.2, 0) is 0 Å². The zero-order chi connectivity index (χ0) is 8.43. The van der Waals surface area contributed by atoms with Crippen LogP contribution in [0.5, 0.6) is 0 Å². The van der Waals surface area contributed by atoms with Crippen molar-refractivity contribution in [3.63, 3.8) is 0 Å². The maximum absolute atomic E-state index is 2.35. The minimum Gasteiger partial charge on any atom is -0.0769 e. The van der Waals surface area contributed by atoms with Gasteiger partial charge in [0.25, 0.3) is 0 Å². The van der Waals surface area contributed by atoms with E-state index in [9.17, 15) is 0 Å². The standard InChI is InChI=1S/C11H20/c1-8(2)10-6-5-7-11(10)9(3)4/h8,10H,5-7H2,1-4H3. The van der Waals surface area contributed by atoms with Crippen LogP contribution in [0.1, 0.15) is 47.0 Å². The smallest absolute Gasteiger partial charge is 0.0178 e. The second-order valence-electron chi connectivity index (χ2n) is 4.27. The van der Waals surface area contributed by atoms with Gasteiger partial charge in [0.15, 0.2) is 0 Å². The summed E-state index contributed by atoms with van der Waals surface area (Å²) in [5, 5.41) is 0. The van der Waals surface area contributed by atoms with Gasteiger partial charge < -0.3 is 0 Å². The summed E-state index contributed by atoms with van der Waals surface area (Å²) in [5.41, 5.74) is 3.32. The zero-order valence-corrected chi connectivity index (χ0v) is 8.28. The van der Waals surface area contributed by atoms with E-state index in [4.69, 9.17) is 0 Å². The van der Waals surface area contributed by atoms with Crippen LogP contribution in [0, 0.1) is 11.8 Å². The Hall–Kier alpha value is -0.260. The first-order chi connectivity index (χ1) is 5.13. The van der Waals surface area contributed by atoms with E-state index in [1.54, 1.807) is 11.1 Å². The zero-order valence-electron chi connectivity index (χ0n) is 8.28. The predicted molar refractivity (Wildman–Crippen MR) is 50.6 cm³/mol. The molecule has 0 amide bonds. The van der Waals surface area contributed by atoms with Crippen LogP contribution in [0.4, 0.5) is 0 Å². The van der Waals surface area contributed by atoms with Gasteiger partial charge in [-0.25, -0.2) is 0 Å². The molecule has 0 radical (unpaired) electrons. The van der Waals surface area contributed by atoms with Gasteiger partial charge in [-0.3, -0.25) is 0 Å². The van der Waals surface area contributed by atoms with Crippen molar-refractivity contribution in [2.24, 2.45) is 11.8 Å². The fraction of sp³-hybridized carbons (Fsp3) is 0.818. The van der Waals surface area contributed by atoms with E-state index in [1.165, 1.54) is 19.3 Å². The average Bonchev–Trinajstić information content (AvgIpc) is 2.32. The maximum Gasteiger partial charge on any atom is -0.0178 e. The molecule has 1 fully saturated rings. The van der Waals surface area contributed by atoms with Crippen molar-refractivity contribution >= 4 is 0 Å². The Kier molecular flexibility index (Phi) is 2.75. The lowest BCUT2D eigenvalue weighted by Crippen LogP contribution is -2.06. The number of hydrogen-bond acceptors (Lipinski definition) is 0. The molecule has 0 heteroatoms. The molecule has 64 valence electrons. The highest BCUT2D eigenvalue weighted by Gasteiger charge is 2.23. The topological polar surface area (TPSA) is 0 Å². The fourth-order valence-electron chi connectivity index (χ4n) is 2.23. The van der Waals surface area contributed by atoms with Gasteiger partial charge in [0.05, 0.1) is 0 Å². The Balaban J connectivity index is 2.74. The van der Waals surface area contributed by atoms with E-state index >= 15 is 0 Å². The van der Waals surface area contributed by atoms with Crippen LogP contribution in [0.3, 0.4) is 0 Å². The van der Waals surface area contributed by atoms with Crippen molar-refractivity contribution in [2.75, 3.05) is 0 Å². The van der Waals surface area contributed by atoms with Crippen LogP contribution in [0.25, 0.3) is 0 Å². The summed E-state index contributed by atoms with van der Waals surface area (Å²) < 4.78 is 0.